The summed E-state index contributed by atoms with van der Waals surface area (Å²) in [5, 5.41) is 0. The first-order chi connectivity index (χ1) is 49.2. The molecule has 4 fully saturated rings. The Bertz CT molecular complexity index is 4300. The molecule has 0 atom stereocenters. The molecule has 4 aliphatic rings. The maximum atomic E-state index is 2.58. The van der Waals surface area contributed by atoms with E-state index < -0.39 is 53.1 Å². The van der Waals surface area contributed by atoms with Gasteiger partial charge in [-0.1, -0.05) is 0 Å². The second-order valence-electron chi connectivity index (χ2n) is 38.9. The Labute approximate surface area is 653 Å². The van der Waals surface area contributed by atoms with Gasteiger partial charge in [-0.05, 0) is 0 Å². The normalized spacial score (nSPS) is 15.9. The number of rotatable bonds is 16. The monoisotopic (exact) mass is 1660 g/mol. The molecule has 0 saturated heterocycles. The van der Waals surface area contributed by atoms with E-state index in [1.807, 2.05) is 0 Å². The van der Waals surface area contributed by atoms with E-state index in [1.165, 1.54) is 205 Å². The van der Waals surface area contributed by atoms with Gasteiger partial charge in [0.25, 0.3) is 0 Å². The van der Waals surface area contributed by atoms with Gasteiger partial charge in [-0.15, -0.1) is 0 Å². The van der Waals surface area contributed by atoms with Crippen molar-refractivity contribution in [3.05, 3.63) is 189 Å². The van der Waals surface area contributed by atoms with Gasteiger partial charge in [-0.2, -0.15) is 0 Å². The average Bonchev–Trinajstić information content (AvgIpc) is 1.78. The van der Waals surface area contributed by atoms with Gasteiger partial charge in [-0.3, -0.25) is 0 Å². The fourth-order valence-electron chi connectivity index (χ4n) is 18.3. The van der Waals surface area contributed by atoms with Crippen LogP contribution in [0.4, 0.5) is 0 Å². The van der Waals surface area contributed by atoms with Gasteiger partial charge in [0.2, 0.25) is 0 Å². The molecular formula is C97H146Ge4N4+4. The number of nitrogens with zero attached hydrogens (tertiary/aromatic N) is 4. The van der Waals surface area contributed by atoms with E-state index >= 15 is 0 Å². The Balaban J connectivity index is 0.000000162. The molecule has 0 N–H and O–H groups in total. The van der Waals surface area contributed by atoms with Crippen LogP contribution in [0.5, 0.6) is 0 Å². The Morgan fingerprint density at radius 3 is 0.933 bits per heavy atom. The van der Waals surface area contributed by atoms with Crippen molar-refractivity contribution in [2.75, 3.05) is 0 Å². The molecular weight excluding hydrogens is 1510 g/mol. The van der Waals surface area contributed by atoms with Crippen molar-refractivity contribution in [1.29, 1.82) is 0 Å². The van der Waals surface area contributed by atoms with Crippen LogP contribution in [0, 0.1) is 34.6 Å². The number of aryl methyl sites for hydroxylation is 9. The van der Waals surface area contributed by atoms with Crippen LogP contribution in [0.1, 0.15) is 266 Å². The van der Waals surface area contributed by atoms with Crippen LogP contribution >= 0.6 is 0 Å². The molecule has 0 amide bonds. The van der Waals surface area contributed by atoms with Crippen LogP contribution in [0.3, 0.4) is 0 Å². The predicted octanol–water partition coefficient (Wildman–Crippen LogP) is 23.4. The molecule has 4 nitrogen and oxygen atoms in total. The van der Waals surface area contributed by atoms with Gasteiger partial charge in [0.05, 0.1) is 0 Å². The van der Waals surface area contributed by atoms with Crippen molar-refractivity contribution >= 4 is 70.6 Å². The third-order valence-electron chi connectivity index (χ3n) is 24.9. The summed E-state index contributed by atoms with van der Waals surface area (Å²) in [6, 6.07) is 38.4. The number of benzene rings is 4. The third-order valence-corrected chi connectivity index (χ3v) is 41.9. The summed E-state index contributed by atoms with van der Waals surface area (Å²) in [5.74, 6) is 34.9. The molecule has 4 aromatic carbocycles. The van der Waals surface area contributed by atoms with Gasteiger partial charge in [-0.25, -0.2) is 0 Å². The summed E-state index contributed by atoms with van der Waals surface area (Å²) in [6.07, 6.45) is 34.6. The maximum absolute atomic E-state index is 2.58. The molecule has 8 heteroatoms. The van der Waals surface area contributed by atoms with E-state index in [0.717, 1.165) is 23.7 Å². The standard InChI is InChI=1S/C26H40GeN.C25H38GeN.C24H36GeN.C22H32GeN/c1-8-20(9-2)22-15-14-19(3)23(16-22)26-17-24(21-12-10-11-13-21)25(18-28(26)7)27(4,5)6;1-18-13-14-20(25(2,3)4)15-21(18)24-16-22(19-11-9-10-12-19)23(17-27(24)8)26(5,6)7;1-17(2)20-12-13-21(18(3)14-20)24-15-22(19-10-8-9-11-19)23(16-26(24)7)25(4,5)6;1-16-11-12-19(17(2)13-16)22-14-20(18-9-7-8-10-18)21(15-24(22)6)23(3,4)5/h14-18,20-21H,8-13H2,1-7H3;13-17,19H,9-12H2,1-8H3;12-17,19H,8-11H2,1-7H3;11-15,18H,7-10H2,1-6H3/q4*+1. The minimum absolute atomic E-state index is 0.177. The third kappa shape index (κ3) is 20.8. The first kappa shape index (κ1) is 84.7. The number of hydrogen-bond donors (Lipinski definition) is 0. The minimum atomic E-state index is -1.92. The molecule has 4 aromatic heterocycles. The number of hydrogen-bond acceptors (Lipinski definition) is 0. The van der Waals surface area contributed by atoms with Crippen LogP contribution in [-0.4, -0.2) is 53.1 Å². The first-order valence-electron chi connectivity index (χ1n) is 41.8. The molecule has 0 aliphatic heterocycles. The van der Waals surface area contributed by atoms with Gasteiger partial charge in [0.1, 0.15) is 0 Å². The Hall–Kier alpha value is -4.35. The van der Waals surface area contributed by atoms with Crippen molar-refractivity contribution in [3.8, 4) is 45.0 Å². The molecule has 12 rings (SSSR count). The van der Waals surface area contributed by atoms with Crippen LogP contribution < -0.4 is 35.9 Å². The van der Waals surface area contributed by atoms with E-state index in [4.69, 9.17) is 0 Å². The zero-order valence-electron chi connectivity index (χ0n) is 72.0. The predicted molar refractivity (Wildman–Crippen MR) is 469 cm³/mol. The second kappa shape index (κ2) is 35.3. The van der Waals surface area contributed by atoms with Crippen molar-refractivity contribution in [1.82, 2.24) is 0 Å². The summed E-state index contributed by atoms with van der Waals surface area (Å²) >= 11 is -7.62. The van der Waals surface area contributed by atoms with Crippen molar-refractivity contribution in [2.24, 2.45) is 28.2 Å². The average molecular weight is 1660 g/mol. The fourth-order valence-corrected chi connectivity index (χ4v) is 32.7. The molecule has 8 aromatic rings. The van der Waals surface area contributed by atoms with Gasteiger partial charge in [0, 0.05) is 0 Å². The van der Waals surface area contributed by atoms with Gasteiger partial charge < -0.3 is 0 Å². The zero-order chi connectivity index (χ0) is 77.0. The van der Waals surface area contributed by atoms with Crippen molar-refractivity contribution in [3.63, 3.8) is 0 Å². The SMILES string of the molecule is CCC(CC)c1ccc(C)c(-c2cc(C3CCCC3)[c]([Ge]([CH3])([CH3])[CH3])c[n+]2C)c1.Cc1cc(C(C)C)ccc1-c1cc(C2CCCC2)[c]([Ge]([CH3])([CH3])[CH3])c[n+]1C.Cc1ccc(-c2cc(C3CCCC3)[c]([Ge]([CH3])([CH3])[CH3])c[n+]2C)c(C)c1.Cc1ccc(C(C)(C)C)cc1-c1cc(C2CCCC2)[c]([Ge]([CH3])([CH3])[CH3])c[n+]1C. The van der Waals surface area contributed by atoms with E-state index in [2.05, 4.69) is 320 Å². The molecule has 0 radical (unpaired) electrons. The second-order valence-corrected chi connectivity index (χ2v) is 81.2. The molecule has 0 bridgehead atoms. The summed E-state index contributed by atoms with van der Waals surface area (Å²) < 4.78 is 16.4. The van der Waals surface area contributed by atoms with Crippen molar-refractivity contribution in [2.45, 2.75) is 309 Å². The van der Waals surface area contributed by atoms with Crippen LogP contribution in [0.15, 0.2) is 122 Å². The Kier molecular flexibility index (Phi) is 28.5. The molecule has 0 unspecified atom stereocenters. The molecule has 105 heavy (non-hydrogen) atoms. The molecule has 4 heterocycles. The summed E-state index contributed by atoms with van der Waals surface area (Å²) in [4.78, 5) is 0. The number of aromatic nitrogens is 4. The van der Waals surface area contributed by atoms with Crippen LogP contribution in [0.25, 0.3) is 45.0 Å². The van der Waals surface area contributed by atoms with E-state index in [1.54, 1.807) is 39.8 Å². The van der Waals surface area contributed by atoms with E-state index in [-0.39, 0.29) is 5.41 Å². The van der Waals surface area contributed by atoms with Gasteiger partial charge >= 0.3 is 659 Å². The van der Waals surface area contributed by atoms with Crippen LogP contribution in [-0.2, 0) is 33.6 Å². The summed E-state index contributed by atoms with van der Waals surface area (Å²) in [5.41, 5.74) is 29.3. The van der Waals surface area contributed by atoms with Gasteiger partial charge in [0.15, 0.2) is 0 Å². The first-order valence-corrected chi connectivity index (χ1v) is 71.1. The van der Waals surface area contributed by atoms with Crippen molar-refractivity contribution < 1.29 is 18.3 Å². The Morgan fingerprint density at radius 1 is 0.343 bits per heavy atom. The number of pyridine rings is 4. The van der Waals surface area contributed by atoms with E-state index in [0.29, 0.717) is 11.8 Å². The van der Waals surface area contributed by atoms with Crippen LogP contribution in [0.2, 0.25) is 69.1 Å². The molecule has 4 aliphatic carbocycles. The molecule has 4 saturated carbocycles. The van der Waals surface area contributed by atoms with E-state index in [9.17, 15) is 0 Å². The summed E-state index contributed by atoms with van der Waals surface area (Å²) in [6.45, 7) is 27.3. The molecule has 0 spiro atoms. The zero-order valence-corrected chi connectivity index (χ0v) is 80.4. The topological polar surface area (TPSA) is 15.5 Å². The fraction of sp³-hybridized carbons (Fsp3) is 0.546. The Morgan fingerprint density at radius 2 is 0.638 bits per heavy atom. The summed E-state index contributed by atoms with van der Waals surface area (Å²) in [7, 11) is 8.97. The molecule has 566 valence electrons. The quantitative estimate of drug-likeness (QED) is 0.0677.